The van der Waals surface area contributed by atoms with Gasteiger partial charge in [-0.1, -0.05) is 121 Å². The van der Waals surface area contributed by atoms with E-state index >= 15 is 0 Å². The summed E-state index contributed by atoms with van der Waals surface area (Å²) in [6, 6.07) is 40.8. The quantitative estimate of drug-likeness (QED) is 0.0458. The summed E-state index contributed by atoms with van der Waals surface area (Å²) >= 11 is 0. The number of hydrogen-bond acceptors (Lipinski definition) is 19. The van der Waals surface area contributed by atoms with Crippen molar-refractivity contribution in [2.45, 2.75) is 100 Å². The Morgan fingerprint density at radius 2 is 0.884 bits per heavy atom. The first kappa shape index (κ1) is 58.0. The number of likely N-dealkylation sites (N-methyl/N-ethyl adjacent to an activating group) is 2. The first-order valence-corrected chi connectivity index (χ1v) is 29.7. The molecule has 4 aliphatic rings. The summed E-state index contributed by atoms with van der Waals surface area (Å²) in [6.45, 7) is 7.20. The number of carbonyl (C=O) groups is 3. The lowest BCUT2D eigenvalue weighted by atomic mass is 9.91. The van der Waals surface area contributed by atoms with Crippen LogP contribution in [0.2, 0.25) is 0 Å². The maximum atomic E-state index is 14.2. The highest BCUT2D eigenvalue weighted by Crippen LogP contribution is 2.38. The number of nitrogens with one attached hydrogen (secondary N) is 4. The lowest BCUT2D eigenvalue weighted by Crippen LogP contribution is -2.42. The van der Waals surface area contributed by atoms with Gasteiger partial charge in [0.15, 0.2) is 58.6 Å². The summed E-state index contributed by atoms with van der Waals surface area (Å²) in [5.74, 6) is 0.617. The van der Waals surface area contributed by atoms with Crippen LogP contribution in [0, 0.1) is 11.8 Å². The molecule has 0 aliphatic carbocycles. The van der Waals surface area contributed by atoms with Crippen molar-refractivity contribution in [3.63, 3.8) is 0 Å². The standard InChI is InChI=1S/C63H72N14O9/c1-3-64-58(83)52-48(79)50(81)60(85-52)76-35-68-46-54(66-31-44(39-17-9-5-10-18-39)40-19-11-6-12-20-40)70-62(72-56(46)76)74-27-25-37(33-74)29-43(78)30-38-26-28-75(34-38)63-71-55(67-32-45(41-21-13-7-14-22-41)42-23-15-8-16-24-42)47-57(73-63)77(36-69-47)61-51(82)49(80)53(86-61)59(84)65-4-2/h5-24,35-38,44-45,48-53,60-61,79-82H,3-4,25-34H2,1-2H3,(H,64,83)(H,65,84)(H,66,70,72)(H,67,71,73)/t37-,38-,48-,49-,50+,51+,52-,53?,60+,61+/m0/s1. The molecular weight excluding hydrogens is 1100 g/mol. The number of benzene rings is 4. The van der Waals surface area contributed by atoms with E-state index < -0.39 is 60.9 Å². The second-order valence-corrected chi connectivity index (χ2v) is 22.7. The number of aliphatic hydroxyl groups excluding tert-OH is 4. The number of Topliss-reactive ketones (excluding diaryl/α,β-unsaturated/α-hetero) is 1. The Morgan fingerprint density at radius 1 is 0.523 bits per heavy atom. The van der Waals surface area contributed by atoms with Crippen LogP contribution in [-0.4, -0.2) is 166 Å². The van der Waals surface area contributed by atoms with Gasteiger partial charge in [0, 0.05) is 77.0 Å². The van der Waals surface area contributed by atoms with Gasteiger partial charge in [-0.15, -0.1) is 0 Å². The average molecular weight is 1170 g/mol. The molecule has 8 heterocycles. The third-order valence-electron chi connectivity index (χ3n) is 17.0. The topological polar surface area (TPSA) is 292 Å². The molecule has 4 aromatic carbocycles. The molecule has 8 aromatic rings. The Morgan fingerprint density at radius 3 is 1.23 bits per heavy atom. The zero-order valence-corrected chi connectivity index (χ0v) is 47.9. The monoisotopic (exact) mass is 1170 g/mol. The van der Waals surface area contributed by atoms with E-state index in [1.54, 1.807) is 23.0 Å². The van der Waals surface area contributed by atoms with Crippen LogP contribution < -0.4 is 31.1 Å². The van der Waals surface area contributed by atoms with Crippen LogP contribution in [-0.2, 0) is 23.9 Å². The average Bonchev–Trinajstić information content (AvgIpc) is 2.95. The molecule has 4 aromatic heterocycles. The lowest BCUT2D eigenvalue weighted by Gasteiger charge is -2.22. The molecule has 0 bridgehead atoms. The van der Waals surface area contributed by atoms with Crippen LogP contribution in [0.5, 0.6) is 0 Å². The summed E-state index contributed by atoms with van der Waals surface area (Å²) in [5, 5.41) is 57.3. The first-order valence-electron chi connectivity index (χ1n) is 29.7. The Hall–Kier alpha value is -8.45. The van der Waals surface area contributed by atoms with Gasteiger partial charge in [-0.2, -0.15) is 19.9 Å². The Labute approximate surface area is 496 Å². The number of ether oxygens (including phenoxy) is 2. The van der Waals surface area contributed by atoms with Crippen molar-refractivity contribution in [2.24, 2.45) is 11.8 Å². The normalized spacial score (nSPS) is 23.9. The summed E-state index contributed by atoms with van der Waals surface area (Å²) < 4.78 is 15.2. The molecule has 2 amide bonds. The van der Waals surface area contributed by atoms with E-state index in [9.17, 15) is 34.8 Å². The maximum absolute atomic E-state index is 14.2. The number of ketones is 1. The van der Waals surface area contributed by atoms with Crippen LogP contribution in [0.4, 0.5) is 23.5 Å². The molecule has 4 aliphatic heterocycles. The number of nitrogens with zero attached hydrogens (tertiary/aromatic N) is 10. The Balaban J connectivity index is 0.767. The molecule has 23 heteroatoms. The van der Waals surface area contributed by atoms with Crippen LogP contribution >= 0.6 is 0 Å². The summed E-state index contributed by atoms with van der Waals surface area (Å²) in [4.78, 5) is 73.9. The molecule has 1 unspecified atom stereocenters. The highest BCUT2D eigenvalue weighted by molar-refractivity contribution is 5.87. The number of imidazole rings is 2. The fourth-order valence-corrected chi connectivity index (χ4v) is 12.6. The van der Waals surface area contributed by atoms with Gasteiger partial charge in [0.25, 0.3) is 11.8 Å². The van der Waals surface area contributed by atoms with Gasteiger partial charge in [-0.25, -0.2) is 9.97 Å². The number of aromatic nitrogens is 8. The number of rotatable bonds is 22. The third kappa shape index (κ3) is 11.9. The number of anilines is 4. The predicted octanol–water partition coefficient (Wildman–Crippen LogP) is 4.67. The fraction of sp³-hybridized carbons (Fsp3) is 0.413. The van der Waals surface area contributed by atoms with Crippen LogP contribution in [0.15, 0.2) is 134 Å². The van der Waals surface area contributed by atoms with Crippen LogP contribution in [0.3, 0.4) is 0 Å². The van der Waals surface area contributed by atoms with E-state index in [0.717, 1.165) is 22.3 Å². The number of aliphatic hydroxyl groups is 4. The molecule has 12 rings (SSSR count). The van der Waals surface area contributed by atoms with E-state index in [0.29, 0.717) is 124 Å². The molecule has 4 fully saturated rings. The van der Waals surface area contributed by atoms with Gasteiger partial charge in [-0.3, -0.25) is 23.5 Å². The molecule has 0 spiro atoms. The maximum Gasteiger partial charge on any atom is 0.252 e. The van der Waals surface area contributed by atoms with E-state index in [2.05, 4.69) is 79.6 Å². The Bertz CT molecular complexity index is 3320. The fourth-order valence-electron chi connectivity index (χ4n) is 12.6. The summed E-state index contributed by atoms with van der Waals surface area (Å²) in [7, 11) is 0. The van der Waals surface area contributed by atoms with Gasteiger partial charge in [0.05, 0.1) is 12.7 Å². The van der Waals surface area contributed by atoms with Gasteiger partial charge >= 0.3 is 0 Å². The van der Waals surface area contributed by atoms with Gasteiger partial charge in [-0.05, 0) is 60.8 Å². The van der Waals surface area contributed by atoms with Gasteiger partial charge in [0.2, 0.25) is 11.9 Å². The largest absolute Gasteiger partial charge is 0.387 e. The Kier molecular flexibility index (Phi) is 17.3. The SMILES string of the molecule is CCNC(=O)C1O[C@@H](n2cnc3c(NCC(c4ccccc4)c4ccccc4)nc(N4CC[C@@H](CC(=O)C[C@@H]5CCN(c6nc(NCC(c7ccccc7)c7ccccc7)c7ncn([C@@H]8O[C@H](C(=O)NCC)[C@@H](O)[C@H]8O)c7n6)C5)C4)nc32)[C@H](O)[C@@H]1O. The smallest absolute Gasteiger partial charge is 0.252 e. The second-order valence-electron chi connectivity index (χ2n) is 22.7. The molecule has 86 heavy (non-hydrogen) atoms. The third-order valence-corrected chi connectivity index (χ3v) is 17.0. The lowest BCUT2D eigenvalue weighted by molar-refractivity contribution is -0.138. The second kappa shape index (κ2) is 25.6. The first-order chi connectivity index (χ1) is 41.9. The number of fused-ring (bicyclic) bond motifs is 2. The van der Waals surface area contributed by atoms with E-state index in [-0.39, 0.29) is 29.5 Å². The molecule has 448 valence electrons. The minimum Gasteiger partial charge on any atom is -0.387 e. The van der Waals surface area contributed by atoms with E-state index in [4.69, 9.17) is 39.4 Å². The van der Waals surface area contributed by atoms with E-state index in [1.165, 1.54) is 12.7 Å². The molecular formula is C63H72N14O9. The van der Waals surface area contributed by atoms with Crippen molar-refractivity contribution in [1.29, 1.82) is 0 Å². The predicted molar refractivity (Wildman–Crippen MR) is 321 cm³/mol. The minimum absolute atomic E-state index is 0.00344. The van der Waals surface area contributed by atoms with Crippen LogP contribution in [0.25, 0.3) is 22.3 Å². The van der Waals surface area contributed by atoms with Crippen molar-refractivity contribution in [1.82, 2.24) is 49.7 Å². The van der Waals surface area contributed by atoms with Crippen molar-refractivity contribution >= 4 is 63.5 Å². The molecule has 0 radical (unpaired) electrons. The molecule has 8 N–H and O–H groups in total. The van der Waals surface area contributed by atoms with Crippen molar-refractivity contribution in [2.75, 3.05) is 72.8 Å². The number of amides is 2. The van der Waals surface area contributed by atoms with E-state index in [1.807, 2.05) is 72.8 Å². The number of carbonyl (C=O) groups excluding carboxylic acids is 3. The highest BCUT2D eigenvalue weighted by atomic mass is 16.6. The number of hydrogen-bond donors (Lipinski definition) is 8. The zero-order chi connectivity index (χ0) is 59.4. The van der Waals surface area contributed by atoms with Gasteiger partial charge < -0.3 is 61.0 Å². The van der Waals surface area contributed by atoms with Crippen molar-refractivity contribution in [3.05, 3.63) is 156 Å². The molecule has 4 saturated heterocycles. The van der Waals surface area contributed by atoms with Crippen LogP contribution in [0.1, 0.15) is 86.1 Å². The van der Waals surface area contributed by atoms with Crippen molar-refractivity contribution < 1.29 is 44.3 Å². The highest BCUT2D eigenvalue weighted by Gasteiger charge is 2.49. The molecule has 0 saturated carbocycles. The van der Waals surface area contributed by atoms with Gasteiger partial charge in [0.1, 0.15) is 30.2 Å². The summed E-state index contributed by atoms with van der Waals surface area (Å²) in [5.41, 5.74) is 5.90. The van der Waals surface area contributed by atoms with Crippen molar-refractivity contribution in [3.8, 4) is 0 Å². The molecule has 23 nitrogen and oxygen atoms in total. The minimum atomic E-state index is -1.50. The zero-order valence-electron chi connectivity index (χ0n) is 47.9. The molecule has 10 atom stereocenters. The summed E-state index contributed by atoms with van der Waals surface area (Å²) in [6.07, 6.45) is -5.86.